The highest BCUT2D eigenvalue weighted by molar-refractivity contribution is 6.76. The van der Waals surface area contributed by atoms with Crippen LogP contribution in [0.3, 0.4) is 0 Å². The molecule has 1 aromatic carbocycles. The lowest BCUT2D eigenvalue weighted by molar-refractivity contribution is -0.687. The third-order valence-electron chi connectivity index (χ3n) is 4.89. The van der Waals surface area contributed by atoms with E-state index in [1.54, 1.807) is 0 Å². The molecule has 0 fully saturated rings. The van der Waals surface area contributed by atoms with Crippen LogP contribution < -0.4 is 28.5 Å². The minimum absolute atomic E-state index is 0. The monoisotopic (exact) mass is 514 g/mol. The molecular weight excluding hydrogens is 475 g/mol. The van der Waals surface area contributed by atoms with Gasteiger partial charge in [-0.05, 0) is 24.0 Å². The fraction of sp³-hybridized carbons (Fsp3) is 0.591. The number of rotatable bonds is 10. The number of aryl methyl sites for hydroxylation is 2. The molecule has 2 aromatic rings. The second-order valence-corrected chi connectivity index (χ2v) is 21.5. The van der Waals surface area contributed by atoms with Crippen molar-refractivity contribution in [1.29, 1.82) is 0 Å². The zero-order valence-electron chi connectivity index (χ0n) is 18.3. The second kappa shape index (κ2) is 11.0. The first-order valence-corrected chi connectivity index (χ1v) is 17.6. The van der Waals surface area contributed by atoms with Gasteiger partial charge in [0.25, 0.3) is 0 Å². The Labute approximate surface area is 186 Å². The maximum Gasteiger partial charge on any atom is 0.244 e. The van der Waals surface area contributed by atoms with E-state index in [1.807, 2.05) is 0 Å². The molecule has 1 heterocycles. The summed E-state index contributed by atoms with van der Waals surface area (Å²) in [7, 11) is -1.82. The summed E-state index contributed by atoms with van der Waals surface area (Å²) in [4.78, 5) is 0. The summed E-state index contributed by atoms with van der Waals surface area (Å²) in [5.41, 5.74) is 2.88. The lowest BCUT2D eigenvalue weighted by atomic mass is 10.1. The molecule has 0 atom stereocenters. The molecule has 0 aliphatic heterocycles. The van der Waals surface area contributed by atoms with E-state index < -0.39 is 16.1 Å². The van der Waals surface area contributed by atoms with Crippen molar-refractivity contribution in [3.05, 3.63) is 54.1 Å². The van der Waals surface area contributed by atoms with Crippen LogP contribution in [0, 0.1) is 0 Å². The molecule has 0 saturated heterocycles. The summed E-state index contributed by atoms with van der Waals surface area (Å²) in [6.45, 7) is 16.9. The molecule has 152 valence electrons. The lowest BCUT2D eigenvalue weighted by Crippen LogP contribution is -3.00. The molecular formula is C22H39IN2Si2. The van der Waals surface area contributed by atoms with Crippen molar-refractivity contribution < 1.29 is 28.5 Å². The van der Waals surface area contributed by atoms with Crippen molar-refractivity contribution in [2.45, 2.75) is 83.7 Å². The number of aromatic nitrogens is 2. The molecule has 0 N–H and O–H groups in total. The van der Waals surface area contributed by atoms with Gasteiger partial charge in [-0.2, -0.15) is 0 Å². The van der Waals surface area contributed by atoms with Crippen molar-refractivity contribution in [3.63, 3.8) is 0 Å². The van der Waals surface area contributed by atoms with Crippen LogP contribution in [0.2, 0.25) is 51.4 Å². The number of unbranched alkanes of at least 4 members (excludes halogenated alkanes) is 1. The maximum atomic E-state index is 2.47. The van der Waals surface area contributed by atoms with Crippen LogP contribution in [0.4, 0.5) is 0 Å². The van der Waals surface area contributed by atoms with E-state index in [9.17, 15) is 0 Å². The Hall–Kier alpha value is -0.406. The molecule has 2 nitrogen and oxygen atoms in total. The first kappa shape index (κ1) is 24.6. The first-order chi connectivity index (χ1) is 12.1. The number of hydrogen-bond acceptors (Lipinski definition) is 0. The predicted octanol–water partition coefficient (Wildman–Crippen LogP) is 2.83. The Morgan fingerprint density at radius 1 is 0.815 bits per heavy atom. The molecule has 2 rings (SSSR count). The lowest BCUT2D eigenvalue weighted by Gasteiger charge is -2.15. The highest BCUT2D eigenvalue weighted by Gasteiger charge is 2.13. The summed E-state index contributed by atoms with van der Waals surface area (Å²) in [5.74, 6) is 0. The van der Waals surface area contributed by atoms with Gasteiger partial charge in [-0.1, -0.05) is 82.1 Å². The van der Waals surface area contributed by atoms with E-state index in [0.717, 1.165) is 13.1 Å². The summed E-state index contributed by atoms with van der Waals surface area (Å²) in [6.07, 6.45) is 10.6. The number of nitrogens with zero attached hydrogens (tertiary/aromatic N) is 2. The van der Waals surface area contributed by atoms with Crippen molar-refractivity contribution in [1.82, 2.24) is 4.57 Å². The summed E-state index contributed by atoms with van der Waals surface area (Å²) in [5, 5.41) is 0. The van der Waals surface area contributed by atoms with Crippen LogP contribution in [0.1, 0.15) is 24.0 Å². The molecule has 0 bridgehead atoms. The van der Waals surface area contributed by atoms with Crippen LogP contribution >= 0.6 is 0 Å². The molecule has 0 amide bonds. The minimum Gasteiger partial charge on any atom is -1.00 e. The van der Waals surface area contributed by atoms with E-state index in [1.165, 1.54) is 42.5 Å². The molecule has 27 heavy (non-hydrogen) atoms. The molecule has 0 aliphatic rings. The first-order valence-electron chi connectivity index (χ1n) is 10.2. The molecule has 0 radical (unpaired) electrons. The van der Waals surface area contributed by atoms with E-state index in [2.05, 4.69) is 91.4 Å². The predicted molar refractivity (Wildman–Crippen MR) is 119 cm³/mol. The van der Waals surface area contributed by atoms with E-state index >= 15 is 0 Å². The van der Waals surface area contributed by atoms with Crippen molar-refractivity contribution in [3.8, 4) is 0 Å². The molecule has 0 aliphatic carbocycles. The summed E-state index contributed by atoms with van der Waals surface area (Å²) >= 11 is 0. The minimum atomic E-state index is -0.941. The van der Waals surface area contributed by atoms with Crippen molar-refractivity contribution >= 4 is 16.1 Å². The zero-order valence-corrected chi connectivity index (χ0v) is 22.4. The molecule has 5 heteroatoms. The second-order valence-electron chi connectivity index (χ2n) is 10.2. The summed E-state index contributed by atoms with van der Waals surface area (Å²) in [6, 6.07) is 12.1. The largest absolute Gasteiger partial charge is 1.00 e. The van der Waals surface area contributed by atoms with Gasteiger partial charge in [-0.25, -0.2) is 9.13 Å². The van der Waals surface area contributed by atoms with Crippen LogP contribution in [0.15, 0.2) is 43.0 Å². The van der Waals surface area contributed by atoms with E-state index in [4.69, 9.17) is 0 Å². The van der Waals surface area contributed by atoms with Gasteiger partial charge in [0.15, 0.2) is 0 Å². The zero-order chi connectivity index (χ0) is 19.2. The van der Waals surface area contributed by atoms with Crippen molar-refractivity contribution in [2.24, 2.45) is 0 Å². The van der Waals surface area contributed by atoms with Gasteiger partial charge in [-0.3, -0.25) is 0 Å². The van der Waals surface area contributed by atoms with Gasteiger partial charge in [-0.15, -0.1) is 0 Å². The van der Waals surface area contributed by atoms with Crippen molar-refractivity contribution in [2.75, 3.05) is 0 Å². The molecule has 1 aromatic heterocycles. The van der Waals surface area contributed by atoms with Gasteiger partial charge in [0.05, 0.1) is 6.54 Å². The van der Waals surface area contributed by atoms with E-state index in [-0.39, 0.29) is 24.0 Å². The average molecular weight is 515 g/mol. The number of benzene rings is 1. The topological polar surface area (TPSA) is 8.81 Å². The average Bonchev–Trinajstić information content (AvgIpc) is 2.97. The quantitative estimate of drug-likeness (QED) is 0.200. The summed E-state index contributed by atoms with van der Waals surface area (Å²) < 4.78 is 4.64. The van der Waals surface area contributed by atoms with Crippen LogP contribution in [0.5, 0.6) is 0 Å². The number of imidazole rings is 1. The van der Waals surface area contributed by atoms with Gasteiger partial charge < -0.3 is 24.0 Å². The maximum absolute atomic E-state index is 2.47. The standard InChI is InChI=1S/C22H39N2Si2.HI/c1-25(2,3)17-8-7-14-23-15-16-24(20-23)19-22-11-9-21(10-12-22)13-18-26(4,5)6;/h9-12,15-16,20H,7-8,13-14,17-19H2,1-6H3;1H/q+1;/p-1. The molecule has 0 saturated carbocycles. The van der Waals surface area contributed by atoms with E-state index in [0.29, 0.717) is 0 Å². The Morgan fingerprint density at radius 2 is 1.41 bits per heavy atom. The third-order valence-corrected chi connectivity index (χ3v) is 8.49. The smallest absolute Gasteiger partial charge is 0.244 e. The van der Waals surface area contributed by atoms with Gasteiger partial charge in [0.1, 0.15) is 18.9 Å². The Balaban J connectivity index is 0.00000364. The van der Waals surface area contributed by atoms with Gasteiger partial charge >= 0.3 is 0 Å². The number of hydrogen-bond donors (Lipinski definition) is 0. The highest BCUT2D eigenvalue weighted by Crippen LogP contribution is 2.15. The van der Waals surface area contributed by atoms with Gasteiger partial charge in [0.2, 0.25) is 6.33 Å². The fourth-order valence-electron chi connectivity index (χ4n) is 3.16. The van der Waals surface area contributed by atoms with Crippen LogP contribution in [0.25, 0.3) is 0 Å². The SMILES string of the molecule is C[Si](C)(C)CCCCn1cc[n+](Cc2ccc(CC[Si](C)(C)C)cc2)c1.[I-]. The number of halogens is 1. The molecule has 0 spiro atoms. The van der Waals surface area contributed by atoms with Crippen LogP contribution in [-0.2, 0) is 19.5 Å². The third kappa shape index (κ3) is 10.6. The Kier molecular flexibility index (Phi) is 9.99. The van der Waals surface area contributed by atoms with Crippen LogP contribution in [-0.4, -0.2) is 20.7 Å². The van der Waals surface area contributed by atoms with Gasteiger partial charge in [0, 0.05) is 16.1 Å². The Morgan fingerprint density at radius 3 is 2.00 bits per heavy atom. The highest BCUT2D eigenvalue weighted by atomic mass is 127. The normalized spacial score (nSPS) is 12.1. The molecule has 0 unspecified atom stereocenters. The Bertz CT molecular complexity index is 667. The fourth-order valence-corrected chi connectivity index (χ4v) is 5.51.